The summed E-state index contributed by atoms with van der Waals surface area (Å²) in [5.74, 6) is -0.628. The van der Waals surface area contributed by atoms with Gasteiger partial charge in [-0.15, -0.1) is 0 Å². The predicted octanol–water partition coefficient (Wildman–Crippen LogP) is 4.04. The lowest BCUT2D eigenvalue weighted by molar-refractivity contribution is 0.0437. The number of esters is 2. The van der Waals surface area contributed by atoms with Crippen molar-refractivity contribution in [3.05, 3.63) is 64.3 Å². The van der Waals surface area contributed by atoms with Crippen molar-refractivity contribution in [2.24, 2.45) is 0 Å². The van der Waals surface area contributed by atoms with E-state index in [-0.39, 0.29) is 17.9 Å². The van der Waals surface area contributed by atoms with E-state index in [0.29, 0.717) is 27.8 Å². The molecular formula is C18H14ClNO6. The van der Waals surface area contributed by atoms with Crippen LogP contribution in [0.1, 0.15) is 32.4 Å². The number of carbonyl (C=O) groups excluding carboxylic acids is 2. The second-order valence-corrected chi connectivity index (χ2v) is 5.68. The Morgan fingerprint density at radius 2 is 1.92 bits per heavy atom. The van der Waals surface area contributed by atoms with Crippen LogP contribution in [0, 0.1) is 6.92 Å². The quantitative estimate of drug-likeness (QED) is 0.621. The van der Waals surface area contributed by atoms with Gasteiger partial charge in [-0.1, -0.05) is 35.0 Å². The molecule has 0 bridgehead atoms. The molecule has 0 N–H and O–H groups in total. The summed E-state index contributed by atoms with van der Waals surface area (Å²) in [5, 5.41) is 4.35. The first-order chi connectivity index (χ1) is 12.5. The molecule has 0 aliphatic heterocycles. The lowest BCUT2D eigenvalue weighted by Gasteiger charge is -2.05. The summed E-state index contributed by atoms with van der Waals surface area (Å²) >= 11 is 6.17. The van der Waals surface area contributed by atoms with Gasteiger partial charge in [0.05, 0.1) is 12.1 Å². The zero-order chi connectivity index (χ0) is 18.7. The maximum absolute atomic E-state index is 12.5. The van der Waals surface area contributed by atoms with E-state index >= 15 is 0 Å². The maximum atomic E-state index is 12.5. The highest BCUT2D eigenvalue weighted by atomic mass is 35.5. The van der Waals surface area contributed by atoms with Crippen molar-refractivity contribution in [1.29, 1.82) is 0 Å². The summed E-state index contributed by atoms with van der Waals surface area (Å²) in [7, 11) is 1.25. The summed E-state index contributed by atoms with van der Waals surface area (Å²) in [4.78, 5) is 23.9. The Hall–Kier alpha value is -3.06. The first kappa shape index (κ1) is 17.8. The number of halogens is 1. The molecule has 3 aromatic rings. The van der Waals surface area contributed by atoms with Crippen molar-refractivity contribution < 1.29 is 28.0 Å². The second kappa shape index (κ2) is 7.45. The number of hydrogen-bond donors (Lipinski definition) is 0. The van der Waals surface area contributed by atoms with Gasteiger partial charge in [0.2, 0.25) is 5.76 Å². The second-order valence-electron chi connectivity index (χ2n) is 5.28. The predicted molar refractivity (Wildman–Crippen MR) is 90.9 cm³/mol. The van der Waals surface area contributed by atoms with Gasteiger partial charge in [-0.05, 0) is 25.1 Å². The molecule has 2 heterocycles. The number of methoxy groups -OCH3 is 1. The van der Waals surface area contributed by atoms with E-state index < -0.39 is 11.9 Å². The zero-order valence-corrected chi connectivity index (χ0v) is 14.7. The fourth-order valence-electron chi connectivity index (χ4n) is 2.32. The van der Waals surface area contributed by atoms with Crippen LogP contribution in [0.2, 0.25) is 5.02 Å². The van der Waals surface area contributed by atoms with Crippen LogP contribution in [0.15, 0.2) is 45.3 Å². The van der Waals surface area contributed by atoms with E-state index in [2.05, 4.69) is 9.89 Å². The highest BCUT2D eigenvalue weighted by Crippen LogP contribution is 2.31. The van der Waals surface area contributed by atoms with Crippen molar-refractivity contribution in [3.63, 3.8) is 0 Å². The van der Waals surface area contributed by atoms with Gasteiger partial charge in [0.1, 0.15) is 29.4 Å². The molecule has 0 saturated carbocycles. The van der Waals surface area contributed by atoms with E-state index in [1.54, 1.807) is 31.2 Å². The summed E-state index contributed by atoms with van der Waals surface area (Å²) in [5.41, 5.74) is 1.04. The monoisotopic (exact) mass is 375 g/mol. The Labute approximate surface area is 153 Å². The minimum absolute atomic E-state index is 0.0245. The van der Waals surface area contributed by atoms with Gasteiger partial charge in [-0.2, -0.15) is 0 Å². The van der Waals surface area contributed by atoms with Crippen LogP contribution < -0.4 is 0 Å². The third-order valence-corrected chi connectivity index (χ3v) is 3.92. The number of aryl methyl sites for hydroxylation is 1. The van der Waals surface area contributed by atoms with Crippen molar-refractivity contribution in [3.8, 4) is 11.3 Å². The van der Waals surface area contributed by atoms with Crippen LogP contribution in [0.5, 0.6) is 0 Å². The van der Waals surface area contributed by atoms with Crippen LogP contribution >= 0.6 is 11.6 Å². The SMILES string of the molecule is COC(=O)c1ccc(COC(=O)c2c(-c3ccccc3Cl)noc2C)o1. The van der Waals surface area contributed by atoms with Crippen LogP contribution in [0.4, 0.5) is 0 Å². The highest BCUT2D eigenvalue weighted by molar-refractivity contribution is 6.33. The summed E-state index contributed by atoms with van der Waals surface area (Å²) in [6, 6.07) is 9.92. The molecule has 134 valence electrons. The number of hydrogen-bond acceptors (Lipinski definition) is 7. The molecule has 1 aromatic carbocycles. The fourth-order valence-corrected chi connectivity index (χ4v) is 2.55. The number of furan rings is 1. The fraction of sp³-hybridized carbons (Fsp3) is 0.167. The van der Waals surface area contributed by atoms with E-state index in [0.717, 1.165) is 0 Å². The standard InChI is InChI=1S/C18H14ClNO6/c1-10-15(16(20-26-10)12-5-3-4-6-13(12)19)18(22)24-9-11-7-8-14(25-11)17(21)23-2/h3-8H,9H2,1-2H3. The average Bonchev–Trinajstić information content (AvgIpc) is 3.26. The number of nitrogens with zero attached hydrogens (tertiary/aromatic N) is 1. The highest BCUT2D eigenvalue weighted by Gasteiger charge is 2.24. The van der Waals surface area contributed by atoms with E-state index in [1.807, 2.05) is 0 Å². The molecule has 0 aliphatic rings. The van der Waals surface area contributed by atoms with Crippen LogP contribution in [0.25, 0.3) is 11.3 Å². The largest absolute Gasteiger partial charge is 0.463 e. The van der Waals surface area contributed by atoms with Crippen molar-refractivity contribution in [2.75, 3.05) is 7.11 Å². The van der Waals surface area contributed by atoms with Gasteiger partial charge in [-0.25, -0.2) is 9.59 Å². The van der Waals surface area contributed by atoms with Gasteiger partial charge in [-0.3, -0.25) is 0 Å². The molecule has 3 rings (SSSR count). The average molecular weight is 376 g/mol. The molecule has 8 heteroatoms. The summed E-state index contributed by atoms with van der Waals surface area (Å²) in [6.45, 7) is 1.44. The molecule has 7 nitrogen and oxygen atoms in total. The van der Waals surface area contributed by atoms with Crippen LogP contribution in [-0.2, 0) is 16.1 Å². The van der Waals surface area contributed by atoms with Crippen molar-refractivity contribution in [1.82, 2.24) is 5.16 Å². The Morgan fingerprint density at radius 1 is 1.15 bits per heavy atom. The number of aromatic nitrogens is 1. The van der Waals surface area contributed by atoms with Crippen LogP contribution in [0.3, 0.4) is 0 Å². The molecule has 0 aliphatic carbocycles. The molecule has 0 atom stereocenters. The van der Waals surface area contributed by atoms with Gasteiger partial charge < -0.3 is 18.4 Å². The van der Waals surface area contributed by atoms with Crippen LogP contribution in [-0.4, -0.2) is 24.2 Å². The third-order valence-electron chi connectivity index (χ3n) is 3.59. The maximum Gasteiger partial charge on any atom is 0.373 e. The van der Waals surface area contributed by atoms with Crippen molar-refractivity contribution in [2.45, 2.75) is 13.5 Å². The zero-order valence-electron chi connectivity index (χ0n) is 13.9. The normalized spacial score (nSPS) is 10.6. The lowest BCUT2D eigenvalue weighted by atomic mass is 10.1. The molecule has 26 heavy (non-hydrogen) atoms. The van der Waals surface area contributed by atoms with Gasteiger partial charge in [0.25, 0.3) is 0 Å². The molecule has 0 amide bonds. The van der Waals surface area contributed by atoms with Gasteiger partial charge in [0, 0.05) is 5.56 Å². The Bertz CT molecular complexity index is 958. The minimum atomic E-state index is -0.644. The molecular weight excluding hydrogens is 362 g/mol. The Kier molecular flexibility index (Phi) is 5.09. The Morgan fingerprint density at radius 3 is 2.65 bits per heavy atom. The molecule has 2 aromatic heterocycles. The van der Waals surface area contributed by atoms with Crippen molar-refractivity contribution >= 4 is 23.5 Å². The van der Waals surface area contributed by atoms with E-state index in [1.165, 1.54) is 19.2 Å². The molecule has 0 fully saturated rings. The summed E-state index contributed by atoms with van der Waals surface area (Å²) in [6.07, 6.45) is 0. The first-order valence-corrected chi connectivity index (χ1v) is 7.94. The molecule has 0 radical (unpaired) electrons. The molecule has 0 spiro atoms. The number of ether oxygens (including phenoxy) is 2. The number of benzene rings is 1. The Balaban J connectivity index is 1.79. The smallest absolute Gasteiger partial charge is 0.373 e. The lowest BCUT2D eigenvalue weighted by Crippen LogP contribution is -2.07. The molecule has 0 unspecified atom stereocenters. The first-order valence-electron chi connectivity index (χ1n) is 7.56. The number of rotatable bonds is 5. The van der Waals surface area contributed by atoms with Gasteiger partial charge in [0.15, 0.2) is 0 Å². The van der Waals surface area contributed by atoms with E-state index in [4.69, 9.17) is 25.3 Å². The van der Waals surface area contributed by atoms with Gasteiger partial charge >= 0.3 is 11.9 Å². The molecule has 0 saturated heterocycles. The summed E-state index contributed by atoms with van der Waals surface area (Å²) < 4.78 is 20.2. The third kappa shape index (κ3) is 3.48. The number of carbonyl (C=O) groups is 2. The topological polar surface area (TPSA) is 91.8 Å². The minimum Gasteiger partial charge on any atom is -0.463 e. The van der Waals surface area contributed by atoms with E-state index in [9.17, 15) is 9.59 Å².